The number of benzene rings is 2. The maximum atomic E-state index is 12.6. The van der Waals surface area contributed by atoms with Crippen LogP contribution in [-0.4, -0.2) is 26.0 Å². The first kappa shape index (κ1) is 19.7. The van der Waals surface area contributed by atoms with Crippen LogP contribution >= 0.6 is 0 Å². The van der Waals surface area contributed by atoms with Gasteiger partial charge in [-0.15, -0.1) is 0 Å². The van der Waals surface area contributed by atoms with Gasteiger partial charge in [0.25, 0.3) is 15.9 Å². The third-order valence-corrected chi connectivity index (χ3v) is 5.42. The molecule has 0 bridgehead atoms. The fourth-order valence-electron chi connectivity index (χ4n) is 2.51. The first-order chi connectivity index (χ1) is 13.3. The van der Waals surface area contributed by atoms with Crippen molar-refractivity contribution in [1.29, 1.82) is 0 Å². The molecular weight excluding hydrogens is 380 g/mol. The van der Waals surface area contributed by atoms with Gasteiger partial charge in [0, 0.05) is 11.3 Å². The van der Waals surface area contributed by atoms with Crippen LogP contribution in [0.15, 0.2) is 76.2 Å². The smallest absolute Gasteiger partial charge is 0.261 e. The molecule has 3 aromatic rings. The highest BCUT2D eigenvalue weighted by molar-refractivity contribution is 7.92. The molecule has 3 rings (SSSR count). The van der Waals surface area contributed by atoms with E-state index in [1.807, 2.05) is 6.92 Å². The lowest BCUT2D eigenvalue weighted by Crippen LogP contribution is -2.28. The fraction of sp³-hybridized carbons (Fsp3) is 0.150. The summed E-state index contributed by atoms with van der Waals surface area (Å²) in [6.45, 7) is 1.84. The summed E-state index contributed by atoms with van der Waals surface area (Å²) >= 11 is 0. The summed E-state index contributed by atoms with van der Waals surface area (Å²) in [5.41, 5.74) is 1.61. The van der Waals surface area contributed by atoms with Crippen molar-refractivity contribution in [3.05, 3.63) is 83.8 Å². The molecule has 1 aromatic heterocycles. The van der Waals surface area contributed by atoms with E-state index in [9.17, 15) is 18.3 Å². The molecule has 1 heterocycles. The Kier molecular flexibility index (Phi) is 5.81. The van der Waals surface area contributed by atoms with E-state index in [4.69, 9.17) is 4.42 Å². The largest absolute Gasteiger partial charge is 0.467 e. The molecule has 0 aliphatic carbocycles. The highest BCUT2D eigenvalue weighted by atomic mass is 32.2. The summed E-state index contributed by atoms with van der Waals surface area (Å²) in [5, 5.41) is 12.5. The van der Waals surface area contributed by atoms with Gasteiger partial charge in [-0.25, -0.2) is 8.42 Å². The third kappa shape index (κ3) is 4.79. The molecular formula is C20H20N2O5S. The summed E-state index contributed by atoms with van der Waals surface area (Å²) in [7, 11) is -3.84. The van der Waals surface area contributed by atoms with E-state index in [0.717, 1.165) is 5.56 Å². The lowest BCUT2D eigenvalue weighted by Gasteiger charge is -2.11. The van der Waals surface area contributed by atoms with Gasteiger partial charge in [0.15, 0.2) is 0 Å². The van der Waals surface area contributed by atoms with E-state index in [-0.39, 0.29) is 17.0 Å². The van der Waals surface area contributed by atoms with Crippen molar-refractivity contribution in [2.45, 2.75) is 17.9 Å². The van der Waals surface area contributed by atoms with Crippen molar-refractivity contribution in [3.63, 3.8) is 0 Å². The van der Waals surface area contributed by atoms with Crippen molar-refractivity contribution >= 4 is 21.6 Å². The number of sulfonamides is 1. The standard InChI is InChI=1S/C20H20N2O5S/c1-14-7-9-16(10-8-14)22-28(25,26)17-5-2-4-15(12-17)20(24)21-13-18(23)19-6-3-11-27-19/h2-12,18,22-23H,13H2,1H3,(H,21,24). The summed E-state index contributed by atoms with van der Waals surface area (Å²) in [6.07, 6.45) is 0.435. The van der Waals surface area contributed by atoms with Crippen LogP contribution in [0.3, 0.4) is 0 Å². The number of hydrogen-bond acceptors (Lipinski definition) is 5. The Morgan fingerprint density at radius 1 is 1.11 bits per heavy atom. The number of hydrogen-bond donors (Lipinski definition) is 3. The van der Waals surface area contributed by atoms with Gasteiger partial charge < -0.3 is 14.8 Å². The molecule has 1 unspecified atom stereocenters. The van der Waals surface area contributed by atoms with Crippen LogP contribution in [0, 0.1) is 6.92 Å². The number of rotatable bonds is 7. The molecule has 28 heavy (non-hydrogen) atoms. The van der Waals surface area contributed by atoms with Gasteiger partial charge in [0.05, 0.1) is 17.7 Å². The Morgan fingerprint density at radius 2 is 1.86 bits per heavy atom. The first-order valence-electron chi connectivity index (χ1n) is 8.54. The van der Waals surface area contributed by atoms with Crippen LogP contribution in [0.4, 0.5) is 5.69 Å². The number of nitrogens with one attached hydrogen (secondary N) is 2. The number of aliphatic hydroxyl groups is 1. The zero-order valence-corrected chi connectivity index (χ0v) is 15.9. The minimum absolute atomic E-state index is 0.0349. The van der Waals surface area contributed by atoms with Gasteiger partial charge in [-0.1, -0.05) is 23.8 Å². The summed E-state index contributed by atoms with van der Waals surface area (Å²) < 4.78 is 32.7. The molecule has 0 saturated heterocycles. The van der Waals surface area contributed by atoms with Crippen LogP contribution in [-0.2, 0) is 10.0 Å². The average molecular weight is 400 g/mol. The van der Waals surface area contributed by atoms with Gasteiger partial charge in [0.1, 0.15) is 11.9 Å². The van der Waals surface area contributed by atoms with Crippen LogP contribution in [0.2, 0.25) is 0 Å². The van der Waals surface area contributed by atoms with Crippen molar-refractivity contribution in [2.75, 3.05) is 11.3 Å². The third-order valence-electron chi connectivity index (χ3n) is 4.04. The van der Waals surface area contributed by atoms with Crippen molar-refractivity contribution in [3.8, 4) is 0 Å². The monoisotopic (exact) mass is 400 g/mol. The van der Waals surface area contributed by atoms with E-state index < -0.39 is 22.0 Å². The maximum Gasteiger partial charge on any atom is 0.261 e. The molecule has 146 valence electrons. The number of aryl methyl sites for hydroxylation is 1. The Labute approximate surface area is 163 Å². The predicted octanol–water partition coefficient (Wildman–Crippen LogP) is 2.85. The van der Waals surface area contributed by atoms with Crippen LogP contribution in [0.25, 0.3) is 0 Å². The van der Waals surface area contributed by atoms with Crippen LogP contribution in [0.5, 0.6) is 0 Å². The second-order valence-corrected chi connectivity index (χ2v) is 7.92. The molecule has 3 N–H and O–H groups in total. The maximum absolute atomic E-state index is 12.6. The zero-order valence-electron chi connectivity index (χ0n) is 15.1. The van der Waals surface area contributed by atoms with Crippen molar-refractivity contribution in [2.24, 2.45) is 0 Å². The number of anilines is 1. The summed E-state index contributed by atoms with van der Waals surface area (Å²) in [6, 6.07) is 15.8. The van der Waals surface area contributed by atoms with Gasteiger partial charge in [0.2, 0.25) is 0 Å². The average Bonchev–Trinajstić information content (AvgIpc) is 3.22. The topological polar surface area (TPSA) is 109 Å². The molecule has 8 heteroatoms. The summed E-state index contributed by atoms with van der Waals surface area (Å²) in [5.74, 6) is -0.170. The van der Waals surface area contributed by atoms with Gasteiger partial charge >= 0.3 is 0 Å². The minimum atomic E-state index is -3.84. The second kappa shape index (κ2) is 8.28. The zero-order chi connectivity index (χ0) is 20.1. The lowest BCUT2D eigenvalue weighted by molar-refractivity contribution is 0.0901. The number of amides is 1. The molecule has 0 saturated carbocycles. The van der Waals surface area contributed by atoms with E-state index in [1.54, 1.807) is 36.4 Å². The quantitative estimate of drug-likeness (QED) is 0.565. The van der Waals surface area contributed by atoms with Crippen LogP contribution in [0.1, 0.15) is 27.8 Å². The highest BCUT2D eigenvalue weighted by Gasteiger charge is 2.18. The predicted molar refractivity (Wildman–Crippen MR) is 104 cm³/mol. The number of carbonyl (C=O) groups excluding carboxylic acids is 1. The molecule has 1 amide bonds. The van der Waals surface area contributed by atoms with E-state index in [2.05, 4.69) is 10.0 Å². The minimum Gasteiger partial charge on any atom is -0.467 e. The van der Waals surface area contributed by atoms with Gasteiger partial charge in [-0.05, 0) is 49.4 Å². The number of carbonyl (C=O) groups is 1. The number of furan rings is 1. The van der Waals surface area contributed by atoms with Gasteiger partial charge in [-0.2, -0.15) is 0 Å². The van der Waals surface area contributed by atoms with E-state index in [1.165, 1.54) is 30.5 Å². The highest BCUT2D eigenvalue weighted by Crippen LogP contribution is 2.18. The SMILES string of the molecule is Cc1ccc(NS(=O)(=O)c2cccc(C(=O)NCC(O)c3ccco3)c2)cc1. The molecule has 2 aromatic carbocycles. The molecule has 0 fully saturated rings. The molecule has 0 spiro atoms. The Hall–Kier alpha value is -3.10. The normalized spacial score (nSPS) is 12.4. The van der Waals surface area contributed by atoms with Gasteiger partial charge in [-0.3, -0.25) is 9.52 Å². The lowest BCUT2D eigenvalue weighted by atomic mass is 10.2. The molecule has 7 nitrogen and oxygen atoms in total. The van der Waals surface area contributed by atoms with E-state index >= 15 is 0 Å². The van der Waals surface area contributed by atoms with E-state index in [0.29, 0.717) is 11.4 Å². The van der Waals surface area contributed by atoms with Crippen LogP contribution < -0.4 is 10.0 Å². The fourth-order valence-corrected chi connectivity index (χ4v) is 3.62. The molecule has 1 atom stereocenters. The number of aliphatic hydroxyl groups excluding tert-OH is 1. The Balaban J connectivity index is 1.70. The van der Waals surface area contributed by atoms with Crippen molar-refractivity contribution in [1.82, 2.24) is 5.32 Å². The van der Waals surface area contributed by atoms with Crippen molar-refractivity contribution < 1.29 is 22.7 Å². The molecule has 0 aliphatic rings. The molecule has 0 aliphatic heterocycles. The first-order valence-corrected chi connectivity index (χ1v) is 10.0. The Morgan fingerprint density at radius 3 is 2.54 bits per heavy atom. The summed E-state index contributed by atoms with van der Waals surface area (Å²) in [4.78, 5) is 12.3. The molecule has 0 radical (unpaired) electrons. The second-order valence-electron chi connectivity index (χ2n) is 6.24. The Bertz CT molecular complexity index is 1040.